The van der Waals surface area contributed by atoms with Crippen molar-refractivity contribution in [3.8, 4) is 0 Å². The Balaban J connectivity index is 1.66. The van der Waals surface area contributed by atoms with Crippen molar-refractivity contribution in [1.82, 2.24) is 10.2 Å². The highest BCUT2D eigenvalue weighted by Gasteiger charge is 2.19. The summed E-state index contributed by atoms with van der Waals surface area (Å²) in [5.74, 6) is 0.0635. The van der Waals surface area contributed by atoms with Crippen LogP contribution in [-0.4, -0.2) is 57.1 Å². The SMILES string of the molecule is CN1CC(=O)Nc2ccc(CCN3CCNCC3)cc21. The van der Waals surface area contributed by atoms with Gasteiger partial charge < -0.3 is 20.4 Å². The van der Waals surface area contributed by atoms with Crippen LogP contribution in [0.1, 0.15) is 5.56 Å². The lowest BCUT2D eigenvalue weighted by Crippen LogP contribution is -2.44. The lowest BCUT2D eigenvalue weighted by molar-refractivity contribution is -0.115. The van der Waals surface area contributed by atoms with E-state index in [4.69, 9.17) is 0 Å². The number of rotatable bonds is 3. The first-order valence-electron chi connectivity index (χ1n) is 7.29. The highest BCUT2D eigenvalue weighted by Crippen LogP contribution is 2.29. The van der Waals surface area contributed by atoms with Crippen LogP contribution in [0.3, 0.4) is 0 Å². The fourth-order valence-corrected chi connectivity index (χ4v) is 2.87. The van der Waals surface area contributed by atoms with Crippen molar-refractivity contribution >= 4 is 17.3 Å². The molecule has 3 rings (SSSR count). The second-order valence-electron chi connectivity index (χ2n) is 5.60. The summed E-state index contributed by atoms with van der Waals surface area (Å²) in [5, 5.41) is 6.30. The molecule has 0 aliphatic carbocycles. The van der Waals surface area contributed by atoms with E-state index in [0.717, 1.165) is 50.5 Å². The van der Waals surface area contributed by atoms with E-state index in [0.29, 0.717) is 6.54 Å². The van der Waals surface area contributed by atoms with Gasteiger partial charge in [0.15, 0.2) is 0 Å². The Morgan fingerprint density at radius 2 is 2.05 bits per heavy atom. The zero-order valence-electron chi connectivity index (χ0n) is 12.0. The molecule has 0 unspecified atom stereocenters. The molecule has 5 nitrogen and oxygen atoms in total. The van der Waals surface area contributed by atoms with Crippen LogP contribution in [-0.2, 0) is 11.2 Å². The monoisotopic (exact) mass is 274 g/mol. The molecule has 0 radical (unpaired) electrons. The predicted molar refractivity (Wildman–Crippen MR) is 81.4 cm³/mol. The molecule has 2 aliphatic heterocycles. The molecule has 0 saturated carbocycles. The first-order valence-corrected chi connectivity index (χ1v) is 7.29. The number of carbonyl (C=O) groups excluding carboxylic acids is 1. The minimum absolute atomic E-state index is 0.0635. The van der Waals surface area contributed by atoms with E-state index < -0.39 is 0 Å². The molecule has 1 amide bonds. The lowest BCUT2D eigenvalue weighted by Gasteiger charge is -2.29. The third-order valence-corrected chi connectivity index (χ3v) is 4.05. The third kappa shape index (κ3) is 2.94. The molecular weight excluding hydrogens is 252 g/mol. The number of anilines is 2. The highest BCUT2D eigenvalue weighted by atomic mass is 16.2. The van der Waals surface area contributed by atoms with Crippen molar-refractivity contribution in [1.29, 1.82) is 0 Å². The van der Waals surface area contributed by atoms with Crippen molar-refractivity contribution in [2.45, 2.75) is 6.42 Å². The normalized spacial score (nSPS) is 19.6. The Kier molecular flexibility index (Phi) is 3.89. The fraction of sp³-hybridized carbons (Fsp3) is 0.533. The van der Waals surface area contributed by atoms with Crippen molar-refractivity contribution in [3.63, 3.8) is 0 Å². The van der Waals surface area contributed by atoms with Gasteiger partial charge in [-0.25, -0.2) is 0 Å². The fourth-order valence-electron chi connectivity index (χ4n) is 2.87. The number of carbonyl (C=O) groups is 1. The number of amides is 1. The minimum atomic E-state index is 0.0635. The van der Waals surface area contributed by atoms with Gasteiger partial charge in [-0.05, 0) is 24.1 Å². The van der Waals surface area contributed by atoms with Gasteiger partial charge in [0.25, 0.3) is 0 Å². The van der Waals surface area contributed by atoms with Crippen LogP contribution in [0.5, 0.6) is 0 Å². The molecule has 0 atom stereocenters. The van der Waals surface area contributed by atoms with E-state index in [2.05, 4.69) is 27.7 Å². The standard InChI is InChI=1S/C15H22N4O/c1-18-11-15(20)17-13-3-2-12(10-14(13)18)4-7-19-8-5-16-6-9-19/h2-3,10,16H,4-9,11H2,1H3,(H,17,20). The van der Waals surface area contributed by atoms with E-state index in [1.165, 1.54) is 5.56 Å². The summed E-state index contributed by atoms with van der Waals surface area (Å²) < 4.78 is 0. The van der Waals surface area contributed by atoms with Gasteiger partial charge in [-0.15, -0.1) is 0 Å². The molecule has 108 valence electrons. The molecule has 2 aliphatic rings. The number of hydrogen-bond donors (Lipinski definition) is 2. The molecule has 20 heavy (non-hydrogen) atoms. The summed E-state index contributed by atoms with van der Waals surface area (Å²) in [6, 6.07) is 6.35. The van der Waals surface area contributed by atoms with Gasteiger partial charge in [-0.1, -0.05) is 6.07 Å². The maximum absolute atomic E-state index is 11.5. The van der Waals surface area contributed by atoms with Crippen LogP contribution >= 0.6 is 0 Å². The van der Waals surface area contributed by atoms with Gasteiger partial charge in [-0.2, -0.15) is 0 Å². The van der Waals surface area contributed by atoms with E-state index in [1.807, 2.05) is 18.0 Å². The number of likely N-dealkylation sites (N-methyl/N-ethyl adjacent to an activating group) is 1. The third-order valence-electron chi connectivity index (χ3n) is 4.05. The molecule has 0 bridgehead atoms. The van der Waals surface area contributed by atoms with E-state index >= 15 is 0 Å². The topological polar surface area (TPSA) is 47.6 Å². The number of benzene rings is 1. The highest BCUT2D eigenvalue weighted by molar-refractivity contribution is 6.01. The Labute approximate surface area is 119 Å². The van der Waals surface area contributed by atoms with Crippen molar-refractivity contribution in [3.05, 3.63) is 23.8 Å². The van der Waals surface area contributed by atoms with E-state index in [9.17, 15) is 4.79 Å². The lowest BCUT2D eigenvalue weighted by atomic mass is 10.1. The summed E-state index contributed by atoms with van der Waals surface area (Å²) in [5.41, 5.74) is 3.39. The van der Waals surface area contributed by atoms with Crippen molar-refractivity contribution in [2.75, 3.05) is 56.5 Å². The summed E-state index contributed by atoms with van der Waals surface area (Å²) >= 11 is 0. The Bertz CT molecular complexity index is 497. The maximum atomic E-state index is 11.5. The number of nitrogens with one attached hydrogen (secondary N) is 2. The summed E-state index contributed by atoms with van der Waals surface area (Å²) in [6.45, 7) is 6.02. The van der Waals surface area contributed by atoms with Crippen LogP contribution < -0.4 is 15.5 Å². The quantitative estimate of drug-likeness (QED) is 0.844. The van der Waals surface area contributed by atoms with Crippen molar-refractivity contribution < 1.29 is 4.79 Å². The molecule has 1 fully saturated rings. The molecule has 2 N–H and O–H groups in total. The molecule has 5 heteroatoms. The smallest absolute Gasteiger partial charge is 0.243 e. The van der Waals surface area contributed by atoms with Gasteiger partial charge in [0.1, 0.15) is 0 Å². The molecular formula is C15H22N4O. The van der Waals surface area contributed by atoms with Crippen molar-refractivity contribution in [2.24, 2.45) is 0 Å². The first kappa shape index (κ1) is 13.4. The van der Waals surface area contributed by atoms with Gasteiger partial charge >= 0.3 is 0 Å². The average molecular weight is 274 g/mol. The van der Waals surface area contributed by atoms with Crippen LogP contribution in [0.4, 0.5) is 11.4 Å². The second-order valence-corrected chi connectivity index (χ2v) is 5.60. The molecule has 2 heterocycles. The van der Waals surface area contributed by atoms with Gasteiger partial charge in [0.05, 0.1) is 17.9 Å². The maximum Gasteiger partial charge on any atom is 0.243 e. The minimum Gasteiger partial charge on any atom is -0.364 e. The molecule has 0 spiro atoms. The van der Waals surface area contributed by atoms with E-state index in [-0.39, 0.29) is 5.91 Å². The van der Waals surface area contributed by atoms with Crippen LogP contribution in [0.15, 0.2) is 18.2 Å². The number of hydrogen-bond acceptors (Lipinski definition) is 4. The number of nitrogens with zero attached hydrogens (tertiary/aromatic N) is 2. The Morgan fingerprint density at radius 1 is 1.25 bits per heavy atom. The van der Waals surface area contributed by atoms with Crippen LogP contribution in [0.2, 0.25) is 0 Å². The van der Waals surface area contributed by atoms with Gasteiger partial charge in [0.2, 0.25) is 5.91 Å². The molecule has 1 aromatic carbocycles. The second kappa shape index (κ2) is 5.81. The zero-order valence-corrected chi connectivity index (χ0v) is 12.0. The van der Waals surface area contributed by atoms with E-state index in [1.54, 1.807) is 0 Å². The number of piperazine rings is 1. The molecule has 1 saturated heterocycles. The largest absolute Gasteiger partial charge is 0.364 e. The number of fused-ring (bicyclic) bond motifs is 1. The average Bonchev–Trinajstić information content (AvgIpc) is 2.46. The summed E-state index contributed by atoms with van der Waals surface area (Å²) in [7, 11) is 1.97. The zero-order chi connectivity index (χ0) is 13.9. The molecule has 0 aromatic heterocycles. The Hall–Kier alpha value is -1.59. The Morgan fingerprint density at radius 3 is 2.85 bits per heavy atom. The van der Waals surface area contributed by atoms with Crippen LogP contribution in [0.25, 0.3) is 0 Å². The summed E-state index contributed by atoms with van der Waals surface area (Å²) in [4.78, 5) is 16.0. The first-order chi connectivity index (χ1) is 9.72. The van der Waals surface area contributed by atoms with Gasteiger partial charge in [0, 0.05) is 39.8 Å². The van der Waals surface area contributed by atoms with Gasteiger partial charge in [-0.3, -0.25) is 4.79 Å². The summed E-state index contributed by atoms with van der Waals surface area (Å²) in [6.07, 6.45) is 1.06. The van der Waals surface area contributed by atoms with Crippen LogP contribution in [0, 0.1) is 0 Å². The molecule has 1 aromatic rings. The predicted octanol–water partition coefficient (Wildman–Crippen LogP) is 0.523.